The molecule has 0 unspecified atom stereocenters. The summed E-state index contributed by atoms with van der Waals surface area (Å²) in [5.41, 5.74) is 2.30. The highest BCUT2D eigenvalue weighted by molar-refractivity contribution is 5.95. The third-order valence-corrected chi connectivity index (χ3v) is 6.17. The number of hydrogen-bond donors (Lipinski definition) is 0. The first-order chi connectivity index (χ1) is 14.0. The van der Waals surface area contributed by atoms with Gasteiger partial charge in [-0.05, 0) is 37.5 Å². The second-order valence-electron chi connectivity index (χ2n) is 8.09. The molecule has 0 saturated carbocycles. The van der Waals surface area contributed by atoms with E-state index in [2.05, 4.69) is 9.97 Å². The van der Waals surface area contributed by atoms with Gasteiger partial charge in [-0.3, -0.25) is 9.59 Å². The molecule has 2 aliphatic rings. The molecule has 2 fully saturated rings. The minimum Gasteiger partial charge on any atom is -0.497 e. The fourth-order valence-electron chi connectivity index (χ4n) is 4.41. The first-order valence-corrected chi connectivity index (χ1v) is 9.96. The number of amides is 2. The van der Waals surface area contributed by atoms with Gasteiger partial charge in [0.2, 0.25) is 5.91 Å². The number of methoxy groups -OCH3 is 1. The van der Waals surface area contributed by atoms with Crippen LogP contribution in [0.3, 0.4) is 0 Å². The van der Waals surface area contributed by atoms with Gasteiger partial charge in [0, 0.05) is 44.2 Å². The highest BCUT2D eigenvalue weighted by Crippen LogP contribution is 2.41. The number of ether oxygens (including phenoxy) is 1. The van der Waals surface area contributed by atoms with Crippen LogP contribution < -0.4 is 4.74 Å². The molecule has 1 spiro atoms. The van der Waals surface area contributed by atoms with Crippen molar-refractivity contribution in [2.75, 3.05) is 26.7 Å². The van der Waals surface area contributed by atoms with Crippen LogP contribution in [-0.4, -0.2) is 58.3 Å². The van der Waals surface area contributed by atoms with Crippen LogP contribution in [0, 0.1) is 12.3 Å². The normalized spacial score (nSPS) is 18.3. The molecule has 4 rings (SSSR count). The van der Waals surface area contributed by atoms with Crippen LogP contribution in [0.1, 0.15) is 40.9 Å². The lowest BCUT2D eigenvalue weighted by molar-refractivity contribution is -0.128. The molecule has 0 atom stereocenters. The Morgan fingerprint density at radius 1 is 1.28 bits per heavy atom. The quantitative estimate of drug-likeness (QED) is 0.796. The second kappa shape index (κ2) is 7.81. The number of rotatable bonds is 4. The smallest absolute Gasteiger partial charge is 0.257 e. The van der Waals surface area contributed by atoms with Gasteiger partial charge in [-0.2, -0.15) is 0 Å². The van der Waals surface area contributed by atoms with Crippen molar-refractivity contribution in [3.8, 4) is 5.75 Å². The Morgan fingerprint density at radius 2 is 2.07 bits per heavy atom. The van der Waals surface area contributed by atoms with Crippen molar-refractivity contribution in [1.29, 1.82) is 0 Å². The van der Waals surface area contributed by atoms with Gasteiger partial charge < -0.3 is 14.5 Å². The summed E-state index contributed by atoms with van der Waals surface area (Å²) in [5.74, 6) is 0.978. The van der Waals surface area contributed by atoms with Crippen molar-refractivity contribution < 1.29 is 14.3 Å². The Hall–Kier alpha value is -2.96. The summed E-state index contributed by atoms with van der Waals surface area (Å²) in [4.78, 5) is 37.4. The molecule has 1 aromatic heterocycles. The lowest BCUT2D eigenvalue weighted by atomic mass is 9.77. The maximum atomic E-state index is 12.8. The van der Waals surface area contributed by atoms with Crippen LogP contribution in [0.2, 0.25) is 0 Å². The number of carbonyl (C=O) groups is 2. The van der Waals surface area contributed by atoms with E-state index in [1.807, 2.05) is 41.0 Å². The van der Waals surface area contributed by atoms with Crippen LogP contribution >= 0.6 is 0 Å². The fraction of sp³-hybridized carbons (Fsp3) is 0.455. The average molecular weight is 394 g/mol. The third kappa shape index (κ3) is 3.95. The molecule has 2 amide bonds. The molecule has 29 heavy (non-hydrogen) atoms. The van der Waals surface area contributed by atoms with E-state index in [1.165, 1.54) is 6.33 Å². The Labute approximate surface area is 170 Å². The van der Waals surface area contributed by atoms with Crippen LogP contribution in [0.5, 0.6) is 5.75 Å². The number of piperidine rings is 1. The van der Waals surface area contributed by atoms with E-state index in [9.17, 15) is 9.59 Å². The van der Waals surface area contributed by atoms with Gasteiger partial charge in [-0.1, -0.05) is 12.1 Å². The Kier molecular flexibility index (Phi) is 5.22. The second-order valence-corrected chi connectivity index (χ2v) is 8.09. The minimum absolute atomic E-state index is 0.0180. The Balaban J connectivity index is 1.39. The molecule has 0 radical (unpaired) electrons. The summed E-state index contributed by atoms with van der Waals surface area (Å²) >= 11 is 0. The van der Waals surface area contributed by atoms with E-state index in [0.717, 1.165) is 30.7 Å². The summed E-state index contributed by atoms with van der Waals surface area (Å²) in [6.07, 6.45) is 5.28. The average Bonchev–Trinajstić information content (AvgIpc) is 3.03. The molecule has 2 saturated heterocycles. The molecule has 0 bridgehead atoms. The van der Waals surface area contributed by atoms with Gasteiger partial charge in [0.15, 0.2) is 0 Å². The van der Waals surface area contributed by atoms with Gasteiger partial charge >= 0.3 is 0 Å². The van der Waals surface area contributed by atoms with Crippen LogP contribution in [0.25, 0.3) is 0 Å². The van der Waals surface area contributed by atoms with E-state index >= 15 is 0 Å². The van der Waals surface area contributed by atoms with Crippen LogP contribution in [0.4, 0.5) is 0 Å². The predicted octanol–water partition coefficient (Wildman–Crippen LogP) is 2.45. The van der Waals surface area contributed by atoms with Crippen molar-refractivity contribution in [2.45, 2.75) is 32.7 Å². The molecule has 0 N–H and O–H groups in total. The molecule has 152 valence electrons. The zero-order valence-electron chi connectivity index (χ0n) is 16.9. The lowest BCUT2D eigenvalue weighted by Crippen LogP contribution is -2.44. The standard InChI is InChI=1S/C22H26N4O3/c1-16-19(12-23-15-24-16)21(28)25-8-6-22(7-9-25)11-20(27)26(14-22)13-17-4-3-5-18(10-17)29-2/h3-5,10,12,15H,6-9,11,13-14H2,1-2H3. The molecule has 2 aliphatic heterocycles. The minimum atomic E-state index is -0.0328. The fourth-order valence-corrected chi connectivity index (χ4v) is 4.41. The molecular weight excluding hydrogens is 368 g/mol. The maximum Gasteiger partial charge on any atom is 0.257 e. The van der Waals surface area contributed by atoms with E-state index in [-0.39, 0.29) is 17.2 Å². The molecule has 0 aliphatic carbocycles. The van der Waals surface area contributed by atoms with Crippen molar-refractivity contribution in [2.24, 2.45) is 5.41 Å². The van der Waals surface area contributed by atoms with Gasteiger partial charge in [-0.15, -0.1) is 0 Å². The zero-order chi connectivity index (χ0) is 20.4. The SMILES string of the molecule is COc1cccc(CN2CC3(CCN(C(=O)c4cncnc4C)CC3)CC2=O)c1. The number of likely N-dealkylation sites (tertiary alicyclic amines) is 2. The largest absolute Gasteiger partial charge is 0.497 e. The topological polar surface area (TPSA) is 75.6 Å². The Morgan fingerprint density at radius 3 is 2.79 bits per heavy atom. The van der Waals surface area contributed by atoms with Crippen LogP contribution in [-0.2, 0) is 11.3 Å². The molecule has 7 nitrogen and oxygen atoms in total. The number of aromatic nitrogens is 2. The lowest BCUT2D eigenvalue weighted by Gasteiger charge is -2.38. The van der Waals surface area contributed by atoms with Crippen LogP contribution in [0.15, 0.2) is 36.8 Å². The van der Waals surface area contributed by atoms with E-state index in [0.29, 0.717) is 37.3 Å². The summed E-state index contributed by atoms with van der Waals surface area (Å²) in [7, 11) is 1.65. The Bertz CT molecular complexity index is 922. The van der Waals surface area contributed by atoms with Crippen molar-refractivity contribution in [1.82, 2.24) is 19.8 Å². The molecule has 1 aromatic carbocycles. The van der Waals surface area contributed by atoms with Crippen molar-refractivity contribution in [3.05, 3.63) is 53.6 Å². The summed E-state index contributed by atoms with van der Waals surface area (Å²) < 4.78 is 5.29. The third-order valence-electron chi connectivity index (χ3n) is 6.17. The van der Waals surface area contributed by atoms with Crippen molar-refractivity contribution >= 4 is 11.8 Å². The zero-order valence-corrected chi connectivity index (χ0v) is 16.9. The molecular formula is C22H26N4O3. The number of hydrogen-bond acceptors (Lipinski definition) is 5. The van der Waals surface area contributed by atoms with E-state index < -0.39 is 0 Å². The highest BCUT2D eigenvalue weighted by Gasteiger charge is 2.45. The number of benzene rings is 1. The first-order valence-electron chi connectivity index (χ1n) is 9.96. The number of aryl methyl sites for hydroxylation is 1. The van der Waals surface area contributed by atoms with E-state index in [1.54, 1.807) is 13.3 Å². The van der Waals surface area contributed by atoms with Gasteiger partial charge in [-0.25, -0.2) is 9.97 Å². The molecule has 7 heteroatoms. The van der Waals surface area contributed by atoms with Gasteiger partial charge in [0.05, 0.1) is 18.4 Å². The summed E-state index contributed by atoms with van der Waals surface area (Å²) in [6, 6.07) is 7.85. The summed E-state index contributed by atoms with van der Waals surface area (Å²) in [6.45, 7) is 4.49. The molecule has 2 aromatic rings. The summed E-state index contributed by atoms with van der Waals surface area (Å²) in [5, 5.41) is 0. The van der Waals surface area contributed by atoms with Crippen molar-refractivity contribution in [3.63, 3.8) is 0 Å². The number of nitrogens with zero attached hydrogens (tertiary/aromatic N) is 4. The molecule has 3 heterocycles. The predicted molar refractivity (Wildman–Crippen MR) is 107 cm³/mol. The maximum absolute atomic E-state index is 12.8. The van der Waals surface area contributed by atoms with E-state index in [4.69, 9.17) is 4.74 Å². The highest BCUT2D eigenvalue weighted by atomic mass is 16.5. The monoisotopic (exact) mass is 394 g/mol. The van der Waals surface area contributed by atoms with Gasteiger partial charge in [0.1, 0.15) is 12.1 Å². The number of carbonyl (C=O) groups excluding carboxylic acids is 2. The van der Waals surface area contributed by atoms with Gasteiger partial charge in [0.25, 0.3) is 5.91 Å². The first kappa shape index (κ1) is 19.4.